The van der Waals surface area contributed by atoms with Gasteiger partial charge in [-0.2, -0.15) is 0 Å². The van der Waals surface area contributed by atoms with Gasteiger partial charge in [-0.25, -0.2) is 0 Å². The third-order valence-electron chi connectivity index (χ3n) is 1.18. The van der Waals surface area contributed by atoms with Crippen molar-refractivity contribution in [3.8, 4) is 0 Å². The molecule has 1 heterocycles. The Hall–Kier alpha value is -0.120. The second-order valence-corrected chi connectivity index (χ2v) is 1.75. The van der Waals surface area contributed by atoms with Crippen LogP contribution in [0.4, 0.5) is 0 Å². The van der Waals surface area contributed by atoms with Crippen LogP contribution in [0, 0.1) is 0 Å². The van der Waals surface area contributed by atoms with Gasteiger partial charge in [0.15, 0.2) is 5.79 Å². The van der Waals surface area contributed by atoms with Crippen LogP contribution in [0.3, 0.4) is 0 Å². The molecule has 3 heteroatoms. The molecule has 1 aliphatic heterocycles. The minimum atomic E-state index is -0.847. The van der Waals surface area contributed by atoms with E-state index in [1.807, 2.05) is 0 Å². The van der Waals surface area contributed by atoms with Gasteiger partial charge < -0.3 is 15.2 Å². The molecule has 0 aromatic rings. The number of nitrogens with one attached hydrogen (secondary N) is 1. The number of β-amino-alcohol motifs (C(OH)–C–C–N with tert-alkyl or cyclic N) is 1. The fraction of sp³-hybridized carbons (Fsp3) is 1.00. The first-order chi connectivity index (χ1) is 3.27. The molecule has 1 rings (SSSR count). The van der Waals surface area contributed by atoms with Crippen molar-refractivity contribution in [2.75, 3.05) is 20.2 Å². The molecule has 0 aliphatic carbocycles. The Bertz CT molecular complexity index is 64.6. The van der Waals surface area contributed by atoms with Gasteiger partial charge in [0, 0.05) is 7.11 Å². The summed E-state index contributed by atoms with van der Waals surface area (Å²) in [5, 5.41) is 11.8. The van der Waals surface area contributed by atoms with Gasteiger partial charge in [-0.3, -0.25) is 0 Å². The molecule has 42 valence electrons. The van der Waals surface area contributed by atoms with E-state index in [-0.39, 0.29) is 0 Å². The maximum absolute atomic E-state index is 8.93. The zero-order valence-electron chi connectivity index (χ0n) is 4.27. The molecule has 0 bridgehead atoms. The van der Waals surface area contributed by atoms with Crippen LogP contribution in [-0.4, -0.2) is 31.1 Å². The highest BCUT2D eigenvalue weighted by Gasteiger charge is 2.33. The van der Waals surface area contributed by atoms with Crippen molar-refractivity contribution in [1.29, 1.82) is 0 Å². The molecule has 0 radical (unpaired) electrons. The number of ether oxygens (including phenoxy) is 1. The lowest BCUT2D eigenvalue weighted by Gasteiger charge is -2.35. The molecule has 0 aromatic carbocycles. The molecule has 1 aliphatic rings. The smallest absolute Gasteiger partial charge is 0.190 e. The van der Waals surface area contributed by atoms with Crippen LogP contribution < -0.4 is 5.32 Å². The highest BCUT2D eigenvalue weighted by atomic mass is 16.6. The van der Waals surface area contributed by atoms with E-state index >= 15 is 0 Å². The number of hydrogen-bond acceptors (Lipinski definition) is 3. The standard InChI is InChI=1S/C4H9NO2/c1-7-4(6)2-5-3-4/h5-6H,2-3H2,1H3. The largest absolute Gasteiger partial charge is 0.363 e. The first-order valence-corrected chi connectivity index (χ1v) is 2.25. The maximum atomic E-state index is 8.93. The zero-order chi connectivity index (χ0) is 5.33. The monoisotopic (exact) mass is 103 g/mol. The fourth-order valence-electron chi connectivity index (χ4n) is 0.483. The maximum Gasteiger partial charge on any atom is 0.190 e. The van der Waals surface area contributed by atoms with Gasteiger partial charge in [-0.15, -0.1) is 0 Å². The quantitative estimate of drug-likeness (QED) is 0.415. The second kappa shape index (κ2) is 1.43. The Morgan fingerprint density at radius 3 is 2.29 bits per heavy atom. The zero-order valence-corrected chi connectivity index (χ0v) is 4.27. The molecule has 0 amide bonds. The lowest BCUT2D eigenvalue weighted by molar-refractivity contribution is -0.212. The molecular weight excluding hydrogens is 94.0 g/mol. The van der Waals surface area contributed by atoms with Crippen LogP contribution in [0.1, 0.15) is 0 Å². The first-order valence-electron chi connectivity index (χ1n) is 2.25. The van der Waals surface area contributed by atoms with Crippen molar-refractivity contribution < 1.29 is 9.84 Å². The normalized spacial score (nSPS) is 26.6. The summed E-state index contributed by atoms with van der Waals surface area (Å²) >= 11 is 0. The number of methoxy groups -OCH3 is 1. The van der Waals surface area contributed by atoms with Gasteiger partial charge in [-0.1, -0.05) is 0 Å². The van der Waals surface area contributed by atoms with E-state index in [1.165, 1.54) is 7.11 Å². The molecule has 0 unspecified atom stereocenters. The molecule has 7 heavy (non-hydrogen) atoms. The van der Waals surface area contributed by atoms with Gasteiger partial charge in [0.1, 0.15) is 0 Å². The van der Waals surface area contributed by atoms with E-state index in [0.29, 0.717) is 13.1 Å². The Morgan fingerprint density at radius 2 is 2.29 bits per heavy atom. The highest BCUT2D eigenvalue weighted by molar-refractivity contribution is 4.82. The summed E-state index contributed by atoms with van der Waals surface area (Å²) in [6.07, 6.45) is 0. The predicted octanol–water partition coefficient (Wildman–Crippen LogP) is -1.08. The average Bonchev–Trinajstić information content (AvgIpc) is 1.61. The molecular formula is C4H9NO2. The molecule has 0 spiro atoms. The summed E-state index contributed by atoms with van der Waals surface area (Å²) in [6, 6.07) is 0. The summed E-state index contributed by atoms with van der Waals surface area (Å²) in [5.74, 6) is -0.847. The first kappa shape index (κ1) is 5.03. The van der Waals surface area contributed by atoms with Crippen molar-refractivity contribution in [3.63, 3.8) is 0 Å². The van der Waals surface area contributed by atoms with Crippen LogP contribution in [-0.2, 0) is 4.74 Å². The molecule has 3 nitrogen and oxygen atoms in total. The SMILES string of the molecule is COC1(O)CNC1. The van der Waals surface area contributed by atoms with Gasteiger partial charge >= 0.3 is 0 Å². The lowest BCUT2D eigenvalue weighted by Crippen LogP contribution is -2.60. The summed E-state index contributed by atoms with van der Waals surface area (Å²) in [6.45, 7) is 1.12. The number of rotatable bonds is 1. The van der Waals surface area contributed by atoms with Gasteiger partial charge in [0.05, 0.1) is 13.1 Å². The minimum absolute atomic E-state index is 0.559. The van der Waals surface area contributed by atoms with Crippen LogP contribution in [0.25, 0.3) is 0 Å². The number of hydrogen-bond donors (Lipinski definition) is 2. The van der Waals surface area contributed by atoms with Crippen LogP contribution in [0.15, 0.2) is 0 Å². The van der Waals surface area contributed by atoms with Gasteiger partial charge in [0.25, 0.3) is 0 Å². The topological polar surface area (TPSA) is 41.5 Å². The molecule has 0 saturated carbocycles. The van der Waals surface area contributed by atoms with Crippen molar-refractivity contribution in [3.05, 3.63) is 0 Å². The summed E-state index contributed by atoms with van der Waals surface area (Å²) in [5.41, 5.74) is 0. The van der Waals surface area contributed by atoms with Crippen molar-refractivity contribution in [1.82, 2.24) is 5.32 Å². The highest BCUT2D eigenvalue weighted by Crippen LogP contribution is 2.08. The Labute approximate surface area is 42.3 Å². The third kappa shape index (κ3) is 0.748. The Balaban J connectivity index is 2.29. The third-order valence-corrected chi connectivity index (χ3v) is 1.18. The summed E-state index contributed by atoms with van der Waals surface area (Å²) in [7, 11) is 1.50. The van der Waals surface area contributed by atoms with E-state index in [4.69, 9.17) is 5.11 Å². The molecule has 1 fully saturated rings. The van der Waals surface area contributed by atoms with Crippen molar-refractivity contribution in [2.24, 2.45) is 0 Å². The lowest BCUT2D eigenvalue weighted by atomic mass is 10.2. The van der Waals surface area contributed by atoms with Crippen molar-refractivity contribution in [2.45, 2.75) is 5.79 Å². The molecule has 0 atom stereocenters. The second-order valence-electron chi connectivity index (χ2n) is 1.75. The van der Waals surface area contributed by atoms with E-state index < -0.39 is 5.79 Å². The minimum Gasteiger partial charge on any atom is -0.363 e. The van der Waals surface area contributed by atoms with Crippen LogP contribution in [0.5, 0.6) is 0 Å². The predicted molar refractivity (Wildman–Crippen MR) is 24.8 cm³/mol. The van der Waals surface area contributed by atoms with Gasteiger partial charge in [0.2, 0.25) is 0 Å². The Morgan fingerprint density at radius 1 is 1.71 bits per heavy atom. The summed E-state index contributed by atoms with van der Waals surface area (Å²) in [4.78, 5) is 0. The molecule has 0 aromatic heterocycles. The van der Waals surface area contributed by atoms with Crippen molar-refractivity contribution >= 4 is 0 Å². The van der Waals surface area contributed by atoms with Gasteiger partial charge in [-0.05, 0) is 0 Å². The number of aliphatic hydroxyl groups is 1. The summed E-state index contributed by atoms with van der Waals surface area (Å²) < 4.78 is 4.67. The van der Waals surface area contributed by atoms with E-state index in [2.05, 4.69) is 10.1 Å². The molecule has 1 saturated heterocycles. The fourth-order valence-corrected chi connectivity index (χ4v) is 0.483. The van der Waals surface area contributed by atoms with Crippen LogP contribution in [0.2, 0.25) is 0 Å². The Kier molecular flexibility index (Phi) is 1.03. The molecule has 2 N–H and O–H groups in total. The van der Waals surface area contributed by atoms with Crippen LogP contribution >= 0.6 is 0 Å². The average molecular weight is 103 g/mol. The van der Waals surface area contributed by atoms with E-state index in [1.54, 1.807) is 0 Å². The van der Waals surface area contributed by atoms with E-state index in [9.17, 15) is 0 Å². The van der Waals surface area contributed by atoms with E-state index in [0.717, 1.165) is 0 Å².